The van der Waals surface area contributed by atoms with E-state index >= 15 is 0 Å². The smallest absolute Gasteiger partial charge is 0.233 e. The zero-order valence-corrected chi connectivity index (χ0v) is 11.3. The number of hydrogen-bond donors (Lipinski definition) is 2. The normalized spacial score (nSPS) is 12.8. The molecule has 0 radical (unpaired) electrons. The van der Waals surface area contributed by atoms with Crippen LogP contribution in [0.1, 0.15) is 53.4 Å². The van der Waals surface area contributed by atoms with Crippen LogP contribution in [0.2, 0.25) is 0 Å². The highest BCUT2D eigenvalue weighted by Crippen LogP contribution is 2.05. The molecule has 96 valence electrons. The molecule has 0 rings (SSSR count). The Bertz CT molecular complexity index is 181. The van der Waals surface area contributed by atoms with Crippen molar-refractivity contribution in [3.8, 4) is 0 Å². The lowest BCUT2D eigenvalue weighted by Gasteiger charge is -2.14. The minimum absolute atomic E-state index is 0.116. The summed E-state index contributed by atoms with van der Waals surface area (Å²) in [4.78, 5) is 11.4. The Balaban J connectivity index is 3.43. The van der Waals surface area contributed by atoms with Gasteiger partial charge >= 0.3 is 0 Å². The number of nitrogens with one attached hydrogen (secondary N) is 2. The molecule has 0 aromatic rings. The zero-order valence-electron chi connectivity index (χ0n) is 11.3. The average molecular weight is 228 g/mol. The molecule has 0 aliphatic heterocycles. The molecule has 0 aromatic heterocycles. The van der Waals surface area contributed by atoms with Gasteiger partial charge in [-0.1, -0.05) is 27.2 Å². The Morgan fingerprint density at radius 3 is 2.44 bits per heavy atom. The third-order valence-corrected chi connectivity index (χ3v) is 2.64. The largest absolute Gasteiger partial charge is 0.355 e. The Morgan fingerprint density at radius 1 is 1.19 bits per heavy atom. The Hall–Kier alpha value is -0.570. The van der Waals surface area contributed by atoms with E-state index in [0.29, 0.717) is 12.6 Å². The van der Waals surface area contributed by atoms with Crippen LogP contribution >= 0.6 is 0 Å². The van der Waals surface area contributed by atoms with E-state index in [1.165, 1.54) is 6.42 Å². The van der Waals surface area contributed by atoms with Crippen LogP contribution in [0.3, 0.4) is 0 Å². The summed E-state index contributed by atoms with van der Waals surface area (Å²) in [7, 11) is 0. The monoisotopic (exact) mass is 228 g/mol. The number of rotatable bonds is 9. The molecule has 0 heterocycles. The van der Waals surface area contributed by atoms with Crippen LogP contribution in [0.4, 0.5) is 0 Å². The molecule has 0 fully saturated rings. The Kier molecular flexibility index (Phi) is 9.30. The van der Waals surface area contributed by atoms with Crippen LogP contribution in [-0.4, -0.2) is 25.0 Å². The van der Waals surface area contributed by atoms with Crippen molar-refractivity contribution < 1.29 is 4.79 Å². The van der Waals surface area contributed by atoms with Crippen molar-refractivity contribution in [1.82, 2.24) is 10.6 Å². The van der Waals surface area contributed by atoms with Crippen molar-refractivity contribution in [2.45, 2.75) is 59.4 Å². The summed E-state index contributed by atoms with van der Waals surface area (Å²) in [5, 5.41) is 6.15. The van der Waals surface area contributed by atoms with Gasteiger partial charge in [-0.2, -0.15) is 0 Å². The average Bonchev–Trinajstić information content (AvgIpc) is 2.24. The van der Waals surface area contributed by atoms with Crippen LogP contribution in [0.5, 0.6) is 0 Å². The molecule has 0 spiro atoms. The second-order valence-corrected chi connectivity index (χ2v) is 4.96. The van der Waals surface area contributed by atoms with Crippen LogP contribution in [0, 0.1) is 5.92 Å². The van der Waals surface area contributed by atoms with Crippen molar-refractivity contribution in [1.29, 1.82) is 0 Å². The van der Waals surface area contributed by atoms with E-state index in [-0.39, 0.29) is 5.91 Å². The molecule has 1 amide bonds. The molecular formula is C13H28N2O. The lowest BCUT2D eigenvalue weighted by Crippen LogP contribution is -2.38. The van der Waals surface area contributed by atoms with Gasteiger partial charge in [0.1, 0.15) is 0 Å². The standard InChI is InChI=1S/C13H28N2O/c1-5-6-9-14-13(16)10-15-12(4)8-7-11(2)3/h11-12,15H,5-10H2,1-4H3,(H,14,16). The van der Waals surface area contributed by atoms with Gasteiger partial charge in [-0.05, 0) is 32.1 Å². The van der Waals surface area contributed by atoms with Crippen molar-refractivity contribution in [2.24, 2.45) is 5.92 Å². The molecule has 0 aliphatic rings. The summed E-state index contributed by atoms with van der Waals surface area (Å²) >= 11 is 0. The van der Waals surface area contributed by atoms with E-state index in [4.69, 9.17) is 0 Å². The second kappa shape index (κ2) is 9.64. The highest BCUT2D eigenvalue weighted by molar-refractivity contribution is 5.77. The Labute approximate surface area is 100 Å². The number of carbonyl (C=O) groups is 1. The van der Waals surface area contributed by atoms with Gasteiger partial charge in [0.25, 0.3) is 0 Å². The van der Waals surface area contributed by atoms with Gasteiger partial charge in [-0.3, -0.25) is 4.79 Å². The van der Waals surface area contributed by atoms with Gasteiger partial charge in [-0.15, -0.1) is 0 Å². The summed E-state index contributed by atoms with van der Waals surface area (Å²) in [6, 6.07) is 0.430. The number of carbonyl (C=O) groups excluding carboxylic acids is 1. The molecular weight excluding hydrogens is 200 g/mol. The van der Waals surface area contributed by atoms with Crippen molar-refractivity contribution >= 4 is 5.91 Å². The quantitative estimate of drug-likeness (QED) is 0.595. The summed E-state index contributed by atoms with van der Waals surface area (Å²) in [5.41, 5.74) is 0. The fraction of sp³-hybridized carbons (Fsp3) is 0.923. The summed E-state index contributed by atoms with van der Waals surface area (Å²) < 4.78 is 0. The fourth-order valence-corrected chi connectivity index (χ4v) is 1.42. The number of hydrogen-bond acceptors (Lipinski definition) is 2. The molecule has 0 saturated heterocycles. The zero-order chi connectivity index (χ0) is 12.4. The highest BCUT2D eigenvalue weighted by atomic mass is 16.1. The molecule has 2 N–H and O–H groups in total. The molecule has 0 aromatic carbocycles. The fourth-order valence-electron chi connectivity index (χ4n) is 1.42. The number of amides is 1. The summed E-state index contributed by atoms with van der Waals surface area (Å²) in [5.74, 6) is 0.854. The minimum Gasteiger partial charge on any atom is -0.355 e. The van der Waals surface area contributed by atoms with Gasteiger partial charge in [0.2, 0.25) is 5.91 Å². The van der Waals surface area contributed by atoms with Gasteiger partial charge in [0.15, 0.2) is 0 Å². The third-order valence-electron chi connectivity index (χ3n) is 2.64. The predicted molar refractivity (Wildman–Crippen MR) is 69.5 cm³/mol. The minimum atomic E-state index is 0.116. The summed E-state index contributed by atoms with van der Waals surface area (Å²) in [6.45, 7) is 9.97. The molecule has 0 aliphatic carbocycles. The molecule has 1 atom stereocenters. The molecule has 3 heteroatoms. The molecule has 16 heavy (non-hydrogen) atoms. The van der Waals surface area contributed by atoms with E-state index in [0.717, 1.165) is 31.7 Å². The van der Waals surface area contributed by atoms with Gasteiger partial charge in [-0.25, -0.2) is 0 Å². The van der Waals surface area contributed by atoms with E-state index in [9.17, 15) is 4.79 Å². The van der Waals surface area contributed by atoms with Crippen LogP contribution in [0.15, 0.2) is 0 Å². The maximum Gasteiger partial charge on any atom is 0.233 e. The first-order chi connectivity index (χ1) is 7.56. The second-order valence-electron chi connectivity index (χ2n) is 4.96. The topological polar surface area (TPSA) is 41.1 Å². The Morgan fingerprint density at radius 2 is 1.88 bits per heavy atom. The van der Waals surface area contributed by atoms with Gasteiger partial charge in [0.05, 0.1) is 6.54 Å². The third kappa shape index (κ3) is 9.97. The maximum atomic E-state index is 11.4. The van der Waals surface area contributed by atoms with Gasteiger partial charge < -0.3 is 10.6 Å². The van der Waals surface area contributed by atoms with Crippen molar-refractivity contribution in [3.05, 3.63) is 0 Å². The number of unbranched alkanes of at least 4 members (excludes halogenated alkanes) is 1. The van der Waals surface area contributed by atoms with Crippen LogP contribution < -0.4 is 10.6 Å². The van der Waals surface area contributed by atoms with Gasteiger partial charge in [0, 0.05) is 12.6 Å². The molecule has 1 unspecified atom stereocenters. The van der Waals surface area contributed by atoms with Crippen molar-refractivity contribution in [3.63, 3.8) is 0 Å². The summed E-state index contributed by atoms with van der Waals surface area (Å²) in [6.07, 6.45) is 4.54. The maximum absolute atomic E-state index is 11.4. The lowest BCUT2D eigenvalue weighted by molar-refractivity contribution is -0.120. The van der Waals surface area contributed by atoms with E-state index in [1.807, 2.05) is 0 Å². The highest BCUT2D eigenvalue weighted by Gasteiger charge is 2.05. The lowest BCUT2D eigenvalue weighted by atomic mass is 10.0. The van der Waals surface area contributed by atoms with E-state index < -0.39 is 0 Å². The van der Waals surface area contributed by atoms with Crippen LogP contribution in [0.25, 0.3) is 0 Å². The molecule has 3 nitrogen and oxygen atoms in total. The first-order valence-electron chi connectivity index (χ1n) is 6.56. The van der Waals surface area contributed by atoms with E-state index in [1.54, 1.807) is 0 Å². The van der Waals surface area contributed by atoms with Crippen molar-refractivity contribution in [2.75, 3.05) is 13.1 Å². The molecule has 0 bridgehead atoms. The first kappa shape index (κ1) is 15.4. The first-order valence-corrected chi connectivity index (χ1v) is 6.56. The van der Waals surface area contributed by atoms with Crippen LogP contribution in [-0.2, 0) is 4.79 Å². The molecule has 0 saturated carbocycles. The predicted octanol–water partition coefficient (Wildman–Crippen LogP) is 2.32. The van der Waals surface area contributed by atoms with E-state index in [2.05, 4.69) is 38.3 Å². The SMILES string of the molecule is CCCCNC(=O)CNC(C)CCC(C)C.